The molecule has 0 fully saturated rings. The number of nitrogens with one attached hydrogen (secondary N) is 1. The van der Waals surface area contributed by atoms with Crippen molar-refractivity contribution in [3.05, 3.63) is 58.2 Å². The average molecular weight is 277 g/mol. The Morgan fingerprint density at radius 1 is 1.40 bits per heavy atom. The number of rotatable bonds is 6. The summed E-state index contributed by atoms with van der Waals surface area (Å²) in [6.45, 7) is 3.45. The number of aryl methyl sites for hydroxylation is 1. The number of anilines is 1. The number of hydrogen-bond donors (Lipinski definition) is 1. The van der Waals surface area contributed by atoms with Gasteiger partial charge < -0.3 is 9.88 Å². The van der Waals surface area contributed by atoms with Gasteiger partial charge in [-0.2, -0.15) is 0 Å². The molecule has 1 heterocycles. The Morgan fingerprint density at radius 2 is 2.20 bits per heavy atom. The Morgan fingerprint density at radius 3 is 2.90 bits per heavy atom. The van der Waals surface area contributed by atoms with Crippen LogP contribution in [-0.2, 0) is 13.1 Å². The summed E-state index contributed by atoms with van der Waals surface area (Å²) in [5, 5.41) is 13.6. The standard InChI is InChI=1S/C14H16FN3O2/c1-2-6-17-7-5-11(10-17)9-16-14-8-12(18(19)20)3-4-13(14)15/h3-5,7-8,10,16H,2,6,9H2,1H3. The zero-order valence-corrected chi connectivity index (χ0v) is 11.2. The number of non-ortho nitro benzene ring substituents is 1. The number of nitro groups is 1. The van der Waals surface area contributed by atoms with Crippen molar-refractivity contribution in [1.82, 2.24) is 4.57 Å². The van der Waals surface area contributed by atoms with Gasteiger partial charge in [0.25, 0.3) is 5.69 Å². The van der Waals surface area contributed by atoms with Crippen LogP contribution in [0, 0.1) is 15.9 Å². The molecule has 0 aliphatic heterocycles. The molecule has 6 heteroatoms. The highest BCUT2D eigenvalue weighted by molar-refractivity contribution is 5.52. The molecule has 2 rings (SSSR count). The second-order valence-corrected chi connectivity index (χ2v) is 4.53. The molecule has 0 amide bonds. The first-order valence-corrected chi connectivity index (χ1v) is 6.42. The summed E-state index contributed by atoms with van der Waals surface area (Å²) in [5.74, 6) is -0.497. The van der Waals surface area contributed by atoms with Crippen LogP contribution in [0.3, 0.4) is 0 Å². The molecule has 0 aliphatic rings. The molecule has 0 saturated carbocycles. The minimum absolute atomic E-state index is 0.127. The fourth-order valence-corrected chi connectivity index (χ4v) is 1.95. The summed E-state index contributed by atoms with van der Waals surface area (Å²) in [6, 6.07) is 5.40. The highest BCUT2D eigenvalue weighted by atomic mass is 19.1. The quantitative estimate of drug-likeness (QED) is 0.648. The van der Waals surface area contributed by atoms with Gasteiger partial charge in [-0.15, -0.1) is 0 Å². The zero-order valence-electron chi connectivity index (χ0n) is 11.2. The normalized spacial score (nSPS) is 10.5. The maximum Gasteiger partial charge on any atom is 0.271 e. The fraction of sp³-hybridized carbons (Fsp3) is 0.286. The molecule has 106 valence electrons. The minimum Gasteiger partial charge on any atom is -0.378 e. The van der Waals surface area contributed by atoms with Gasteiger partial charge in [-0.1, -0.05) is 6.92 Å². The van der Waals surface area contributed by atoms with Gasteiger partial charge in [0.15, 0.2) is 0 Å². The van der Waals surface area contributed by atoms with E-state index in [1.165, 1.54) is 6.07 Å². The van der Waals surface area contributed by atoms with Crippen LogP contribution in [0.5, 0.6) is 0 Å². The van der Waals surface area contributed by atoms with E-state index in [0.29, 0.717) is 6.54 Å². The van der Waals surface area contributed by atoms with Crippen molar-refractivity contribution in [2.75, 3.05) is 5.32 Å². The molecule has 1 aromatic heterocycles. The van der Waals surface area contributed by atoms with Crippen LogP contribution in [0.15, 0.2) is 36.7 Å². The molecule has 0 bridgehead atoms. The van der Waals surface area contributed by atoms with Crippen LogP contribution in [0.4, 0.5) is 15.8 Å². The second kappa shape index (κ2) is 6.18. The van der Waals surface area contributed by atoms with Crippen LogP contribution in [0.1, 0.15) is 18.9 Å². The van der Waals surface area contributed by atoms with Crippen molar-refractivity contribution in [2.45, 2.75) is 26.4 Å². The molecule has 0 unspecified atom stereocenters. The van der Waals surface area contributed by atoms with Gasteiger partial charge in [-0.25, -0.2) is 4.39 Å². The summed E-state index contributed by atoms with van der Waals surface area (Å²) < 4.78 is 15.6. The molecule has 0 spiro atoms. The van der Waals surface area contributed by atoms with Crippen LogP contribution >= 0.6 is 0 Å². The van der Waals surface area contributed by atoms with E-state index in [1.807, 2.05) is 18.5 Å². The van der Waals surface area contributed by atoms with Crippen molar-refractivity contribution in [3.63, 3.8) is 0 Å². The highest BCUT2D eigenvalue weighted by Crippen LogP contribution is 2.21. The van der Waals surface area contributed by atoms with E-state index in [1.54, 1.807) is 0 Å². The highest BCUT2D eigenvalue weighted by Gasteiger charge is 2.10. The van der Waals surface area contributed by atoms with Gasteiger partial charge in [-0.05, 0) is 24.1 Å². The minimum atomic E-state index is -0.539. The molecule has 0 atom stereocenters. The summed E-state index contributed by atoms with van der Waals surface area (Å²) in [6.07, 6.45) is 4.98. The average Bonchev–Trinajstić information content (AvgIpc) is 2.86. The lowest BCUT2D eigenvalue weighted by molar-refractivity contribution is -0.384. The van der Waals surface area contributed by atoms with Crippen LogP contribution < -0.4 is 5.32 Å². The number of nitro benzene ring substituents is 1. The Bertz CT molecular complexity index is 610. The first kappa shape index (κ1) is 14.0. The SMILES string of the molecule is CCCn1ccc(CNc2cc([N+](=O)[O-])ccc2F)c1. The van der Waals surface area contributed by atoms with E-state index < -0.39 is 10.7 Å². The maximum absolute atomic E-state index is 13.6. The van der Waals surface area contributed by atoms with Crippen molar-refractivity contribution < 1.29 is 9.31 Å². The van der Waals surface area contributed by atoms with Gasteiger partial charge >= 0.3 is 0 Å². The third kappa shape index (κ3) is 3.34. The van der Waals surface area contributed by atoms with Crippen LogP contribution in [-0.4, -0.2) is 9.49 Å². The number of aromatic nitrogens is 1. The van der Waals surface area contributed by atoms with Gasteiger partial charge in [0.05, 0.1) is 10.6 Å². The predicted molar refractivity (Wildman–Crippen MR) is 75.1 cm³/mol. The Kier molecular flexibility index (Phi) is 4.34. The molecule has 1 N–H and O–H groups in total. The fourth-order valence-electron chi connectivity index (χ4n) is 1.95. The molecule has 1 aromatic carbocycles. The molecule has 2 aromatic rings. The topological polar surface area (TPSA) is 60.1 Å². The summed E-state index contributed by atoms with van der Waals surface area (Å²) >= 11 is 0. The number of nitrogens with zero attached hydrogens (tertiary/aromatic N) is 2. The Hall–Kier alpha value is -2.37. The first-order valence-electron chi connectivity index (χ1n) is 6.42. The lowest BCUT2D eigenvalue weighted by Gasteiger charge is -2.06. The molecule has 0 aliphatic carbocycles. The van der Waals surface area contributed by atoms with E-state index in [-0.39, 0.29) is 11.4 Å². The van der Waals surface area contributed by atoms with Crippen molar-refractivity contribution >= 4 is 11.4 Å². The van der Waals surface area contributed by atoms with Gasteiger partial charge in [-0.3, -0.25) is 10.1 Å². The lowest BCUT2D eigenvalue weighted by atomic mass is 10.2. The van der Waals surface area contributed by atoms with Gasteiger partial charge in [0.2, 0.25) is 0 Å². The lowest BCUT2D eigenvalue weighted by Crippen LogP contribution is -2.02. The molecule has 20 heavy (non-hydrogen) atoms. The van der Waals surface area contributed by atoms with E-state index >= 15 is 0 Å². The third-order valence-corrected chi connectivity index (χ3v) is 2.94. The smallest absolute Gasteiger partial charge is 0.271 e. The van der Waals surface area contributed by atoms with Crippen LogP contribution in [0.25, 0.3) is 0 Å². The third-order valence-electron chi connectivity index (χ3n) is 2.94. The van der Waals surface area contributed by atoms with E-state index in [4.69, 9.17) is 0 Å². The Labute approximate surface area is 116 Å². The van der Waals surface area contributed by atoms with E-state index in [9.17, 15) is 14.5 Å². The summed E-state index contributed by atoms with van der Waals surface area (Å²) in [5.41, 5.74) is 1.02. The van der Waals surface area contributed by atoms with E-state index in [0.717, 1.165) is 30.7 Å². The predicted octanol–water partition coefficient (Wildman–Crippen LogP) is 3.56. The molecular weight excluding hydrogens is 261 g/mol. The monoisotopic (exact) mass is 277 g/mol. The molecule has 0 saturated heterocycles. The van der Waals surface area contributed by atoms with E-state index in [2.05, 4.69) is 16.8 Å². The molecule has 0 radical (unpaired) electrons. The van der Waals surface area contributed by atoms with Crippen molar-refractivity contribution in [1.29, 1.82) is 0 Å². The second-order valence-electron chi connectivity index (χ2n) is 4.53. The van der Waals surface area contributed by atoms with Gasteiger partial charge in [0.1, 0.15) is 5.82 Å². The van der Waals surface area contributed by atoms with Gasteiger partial charge in [0, 0.05) is 37.6 Å². The summed E-state index contributed by atoms with van der Waals surface area (Å²) in [4.78, 5) is 10.1. The maximum atomic E-state index is 13.6. The number of hydrogen-bond acceptors (Lipinski definition) is 3. The number of benzene rings is 1. The first-order chi connectivity index (χ1) is 9.60. The largest absolute Gasteiger partial charge is 0.378 e. The number of halogens is 1. The molecular formula is C14H16FN3O2. The van der Waals surface area contributed by atoms with Crippen LogP contribution in [0.2, 0.25) is 0 Å². The van der Waals surface area contributed by atoms with Crippen molar-refractivity contribution in [3.8, 4) is 0 Å². The Balaban J connectivity index is 2.05. The zero-order chi connectivity index (χ0) is 14.5. The summed E-state index contributed by atoms with van der Waals surface area (Å²) in [7, 11) is 0. The van der Waals surface area contributed by atoms with Crippen molar-refractivity contribution in [2.24, 2.45) is 0 Å². The molecule has 5 nitrogen and oxygen atoms in total.